The van der Waals surface area contributed by atoms with Gasteiger partial charge in [-0.15, -0.1) is 11.8 Å². The second-order valence-electron chi connectivity index (χ2n) is 17.2. The number of nitriles is 1. The number of hydrogen-bond donors (Lipinski definition) is 3. The molecule has 4 aromatic rings. The van der Waals surface area contributed by atoms with Crippen LogP contribution in [0.15, 0.2) is 34.7 Å². The number of phenolic OH excluding ortho intramolecular Hbond substituents is 1. The minimum Gasteiger partial charge on any atom is -0.504 e. The maximum Gasteiger partial charge on any atom is 0.335 e. The molecule has 3 aromatic carbocycles. The number of ether oxygens (including phenoxy) is 5. The number of benzene rings is 3. The molecule has 1 spiro atoms. The maximum atomic E-state index is 15.2. The van der Waals surface area contributed by atoms with E-state index in [0.717, 1.165) is 27.6 Å². The molecule has 3 N–H and O–H groups in total. The summed E-state index contributed by atoms with van der Waals surface area (Å²) in [5, 5.41) is 31.2. The number of furan rings is 1. The van der Waals surface area contributed by atoms with Gasteiger partial charge >= 0.3 is 11.9 Å². The minimum absolute atomic E-state index is 0.0520. The molecule has 0 saturated carbocycles. The number of piperazine rings is 1. The van der Waals surface area contributed by atoms with Gasteiger partial charge < -0.3 is 38.5 Å². The van der Waals surface area contributed by atoms with E-state index in [9.17, 15) is 15.2 Å². The number of aryl methyl sites for hydroxylation is 1. The third kappa shape index (κ3) is 5.53. The van der Waals surface area contributed by atoms with Crippen molar-refractivity contribution in [2.24, 2.45) is 0 Å². The van der Waals surface area contributed by atoms with Gasteiger partial charge in [-0.3, -0.25) is 19.9 Å². The second kappa shape index (κ2) is 14.3. The molecule has 314 valence electrons. The fourth-order valence-corrected chi connectivity index (χ4v) is 12.8. The van der Waals surface area contributed by atoms with Crippen molar-refractivity contribution in [2.45, 2.75) is 101 Å². The predicted molar refractivity (Wildman–Crippen MR) is 222 cm³/mol. The van der Waals surface area contributed by atoms with E-state index in [-0.39, 0.29) is 43.0 Å². The van der Waals surface area contributed by atoms with Crippen LogP contribution in [-0.4, -0.2) is 96.9 Å². The lowest BCUT2D eigenvalue weighted by Gasteiger charge is -2.62. The molecule has 8 heterocycles. The van der Waals surface area contributed by atoms with Crippen LogP contribution in [0.1, 0.15) is 82.8 Å². The van der Waals surface area contributed by atoms with Gasteiger partial charge in [0.15, 0.2) is 28.5 Å². The van der Waals surface area contributed by atoms with Crippen LogP contribution < -0.4 is 29.6 Å². The number of thioether (sulfide) groups is 1. The molecule has 2 fully saturated rings. The molecule has 11 rings (SSSR count). The molecule has 0 amide bonds. The predicted octanol–water partition coefficient (Wildman–Crippen LogP) is 5.39. The Morgan fingerprint density at radius 3 is 2.67 bits per heavy atom. The van der Waals surface area contributed by atoms with Gasteiger partial charge in [-0.1, -0.05) is 38.1 Å². The van der Waals surface area contributed by atoms with Gasteiger partial charge in [-0.25, -0.2) is 4.79 Å². The SMILES string of the molecule is COc1c(C)cc2c(c1O)[C@@H]1[C@@H]3[C@@H]4SC[C@]5(NC(CNC(C)C)Cc6c5oc5ccccc65)C(=O)OC[C@@H](c5c6c(c(C)c(OC(C)=O)c54)OCO6)N3[C@@H](C#N)[C@H](C2)N1C. The molecule has 14 nitrogen and oxygen atoms in total. The lowest BCUT2D eigenvalue weighted by molar-refractivity contribution is -0.158. The van der Waals surface area contributed by atoms with Crippen LogP contribution in [0.3, 0.4) is 0 Å². The zero-order valence-corrected chi connectivity index (χ0v) is 35.5. The summed E-state index contributed by atoms with van der Waals surface area (Å²) >= 11 is 1.52. The average Bonchev–Trinajstić information content (AvgIpc) is 3.86. The van der Waals surface area contributed by atoms with E-state index >= 15 is 4.79 Å². The van der Waals surface area contributed by atoms with Crippen LogP contribution in [0.5, 0.6) is 28.7 Å². The van der Waals surface area contributed by atoms with E-state index in [1.807, 2.05) is 45.2 Å². The third-order valence-electron chi connectivity index (χ3n) is 13.5. The number of fused-ring (bicyclic) bond motifs is 11. The quantitative estimate of drug-likeness (QED) is 0.173. The molecular weight excluding hydrogens is 787 g/mol. The number of methoxy groups -OCH3 is 1. The van der Waals surface area contributed by atoms with Crippen LogP contribution in [0.25, 0.3) is 11.0 Å². The summed E-state index contributed by atoms with van der Waals surface area (Å²) in [7, 11) is 3.57. The highest BCUT2D eigenvalue weighted by Gasteiger charge is 2.62. The molecule has 7 aliphatic rings. The van der Waals surface area contributed by atoms with Gasteiger partial charge in [0.2, 0.25) is 6.79 Å². The normalized spacial score (nSPS) is 29.1. The smallest absolute Gasteiger partial charge is 0.335 e. The van der Waals surface area contributed by atoms with E-state index < -0.39 is 46.9 Å². The highest BCUT2D eigenvalue weighted by atomic mass is 32.2. The molecule has 0 aliphatic carbocycles. The standard InChI is InChI=1S/C45H49N5O9S/c1-20(2)47-16-25-14-27-26-10-8-9-11-31(26)59-43(27)45(48-25)18-60-42-34-33(41-40(56-19-57-41)22(4)39(34)58-23(5)51)30(17-55-44(45)53)50-29(15-46)28-13-24-12-21(3)38(54-7)37(52)32(24)35(36(42)50)49(28)6/h8-12,20,25,28-30,35-36,42,47-48,52H,13-14,16-19H2,1-7H3/t25?,28-,29-,30-,35+,36+,42+,45+/m0/s1. The molecule has 7 aliphatic heterocycles. The fraction of sp³-hybridized carbons (Fsp3) is 0.489. The van der Waals surface area contributed by atoms with Crippen molar-refractivity contribution in [1.29, 1.82) is 5.26 Å². The lowest BCUT2D eigenvalue weighted by Crippen LogP contribution is -2.69. The number of likely N-dealkylation sites (N-methyl/N-ethyl adjacent to an activating group) is 1. The van der Waals surface area contributed by atoms with Crippen LogP contribution >= 0.6 is 11.8 Å². The number of para-hydroxylation sites is 1. The lowest BCUT2D eigenvalue weighted by atomic mass is 9.71. The van der Waals surface area contributed by atoms with Crippen molar-refractivity contribution >= 4 is 34.7 Å². The second-order valence-corrected chi connectivity index (χ2v) is 18.4. The molecule has 60 heavy (non-hydrogen) atoms. The number of rotatable bonds is 5. The minimum atomic E-state index is -1.43. The molecule has 8 atom stereocenters. The zero-order valence-electron chi connectivity index (χ0n) is 34.7. The van der Waals surface area contributed by atoms with Crippen LogP contribution in [0.2, 0.25) is 0 Å². The van der Waals surface area contributed by atoms with Crippen LogP contribution in [-0.2, 0) is 32.7 Å². The molecular formula is C45H49N5O9S. The van der Waals surface area contributed by atoms with Crippen molar-refractivity contribution in [1.82, 2.24) is 20.4 Å². The summed E-state index contributed by atoms with van der Waals surface area (Å²) < 4.78 is 37.7. The van der Waals surface area contributed by atoms with E-state index in [0.29, 0.717) is 70.4 Å². The summed E-state index contributed by atoms with van der Waals surface area (Å²) in [6.45, 7) is 9.71. The molecule has 0 radical (unpaired) electrons. The Hall–Kier alpha value is -4.98. The van der Waals surface area contributed by atoms with Gasteiger partial charge in [0.25, 0.3) is 0 Å². The largest absolute Gasteiger partial charge is 0.504 e. The number of nitrogens with zero attached hydrogens (tertiary/aromatic N) is 3. The monoisotopic (exact) mass is 835 g/mol. The number of carbonyl (C=O) groups is 2. The van der Waals surface area contributed by atoms with Gasteiger partial charge in [-0.05, 0) is 50.9 Å². The Balaban J connectivity index is 1.24. The van der Waals surface area contributed by atoms with Crippen LogP contribution in [0, 0.1) is 25.2 Å². The first kappa shape index (κ1) is 39.2. The average molecular weight is 836 g/mol. The first-order chi connectivity index (χ1) is 28.9. The van der Waals surface area contributed by atoms with Crippen molar-refractivity contribution in [2.75, 3.05) is 39.9 Å². The number of nitrogens with one attached hydrogen (secondary N) is 2. The molecule has 15 heteroatoms. The Kier molecular flexibility index (Phi) is 9.34. The van der Waals surface area contributed by atoms with Crippen molar-refractivity contribution in [3.63, 3.8) is 0 Å². The van der Waals surface area contributed by atoms with Gasteiger partial charge in [0.1, 0.15) is 29.7 Å². The number of esters is 2. The maximum absolute atomic E-state index is 15.2. The Labute approximate surface area is 352 Å². The summed E-state index contributed by atoms with van der Waals surface area (Å²) in [4.78, 5) is 32.7. The Bertz CT molecular complexity index is 2520. The number of hydrogen-bond acceptors (Lipinski definition) is 15. The number of phenols is 1. The van der Waals surface area contributed by atoms with Gasteiger partial charge in [0.05, 0.1) is 30.5 Å². The summed E-state index contributed by atoms with van der Waals surface area (Å²) in [6, 6.07) is 9.94. The van der Waals surface area contributed by atoms with Gasteiger partial charge in [-0.2, -0.15) is 5.26 Å². The highest BCUT2D eigenvalue weighted by Crippen LogP contribution is 2.64. The van der Waals surface area contributed by atoms with Crippen molar-refractivity contribution in [3.05, 3.63) is 75.0 Å². The molecule has 1 aromatic heterocycles. The topological polar surface area (TPSA) is 168 Å². The number of aromatic hydroxyl groups is 1. The zero-order chi connectivity index (χ0) is 41.9. The van der Waals surface area contributed by atoms with Crippen molar-refractivity contribution in [3.8, 4) is 34.8 Å². The summed E-state index contributed by atoms with van der Waals surface area (Å²) in [5.41, 5.74) is 4.67. The van der Waals surface area contributed by atoms with Gasteiger partial charge in [0, 0.05) is 76.6 Å². The highest BCUT2D eigenvalue weighted by molar-refractivity contribution is 7.99. The summed E-state index contributed by atoms with van der Waals surface area (Å²) in [6.07, 6.45) is 1.13. The molecule has 2 saturated heterocycles. The van der Waals surface area contributed by atoms with E-state index in [4.69, 9.17) is 28.1 Å². The molecule has 1 unspecified atom stereocenters. The van der Waals surface area contributed by atoms with E-state index in [1.165, 1.54) is 18.7 Å². The molecule has 4 bridgehead atoms. The fourth-order valence-electron chi connectivity index (χ4n) is 11.1. The Morgan fingerprint density at radius 2 is 1.92 bits per heavy atom. The Morgan fingerprint density at radius 1 is 1.13 bits per heavy atom. The first-order valence-corrected chi connectivity index (χ1v) is 21.7. The third-order valence-corrected chi connectivity index (χ3v) is 15.0. The van der Waals surface area contributed by atoms with E-state index in [2.05, 4.69) is 46.4 Å². The van der Waals surface area contributed by atoms with Crippen LogP contribution in [0.4, 0.5) is 0 Å². The summed E-state index contributed by atoms with van der Waals surface area (Å²) in [5.74, 6) is 1.42. The number of carbonyl (C=O) groups excluding carboxylic acids is 2. The van der Waals surface area contributed by atoms with Crippen molar-refractivity contribution < 1.29 is 42.8 Å². The van der Waals surface area contributed by atoms with E-state index in [1.54, 1.807) is 7.11 Å². The first-order valence-electron chi connectivity index (χ1n) is 20.6.